The number of imidazole rings is 1. The van der Waals surface area contributed by atoms with E-state index in [0.717, 1.165) is 0 Å². The summed E-state index contributed by atoms with van der Waals surface area (Å²) in [6.45, 7) is 11.6. The zero-order valence-electron chi connectivity index (χ0n) is 21.3. The van der Waals surface area contributed by atoms with Gasteiger partial charge >= 0.3 is 0 Å². The number of hydrogen-bond donors (Lipinski definition) is 0. The molecule has 0 bridgehead atoms. The fraction of sp³-hybridized carbons (Fsp3) is 0.893. The summed E-state index contributed by atoms with van der Waals surface area (Å²) >= 11 is 0. The van der Waals surface area contributed by atoms with E-state index >= 15 is 0 Å². The molecule has 0 spiro atoms. The molecule has 0 aliphatic rings. The smallest absolute Gasteiger partial charge is 0.234 e. The molecule has 1 aromatic rings. The molecule has 0 unspecified atom stereocenters. The molecule has 0 aliphatic heterocycles. The first-order valence-corrected chi connectivity index (χ1v) is 13.8. The summed E-state index contributed by atoms with van der Waals surface area (Å²) in [7, 11) is 0. The lowest BCUT2D eigenvalue weighted by molar-refractivity contribution is -0.705. The summed E-state index contributed by atoms with van der Waals surface area (Å²) in [5.74, 6) is 2.13. The van der Waals surface area contributed by atoms with Crippen LogP contribution in [-0.2, 0) is 13.1 Å². The van der Waals surface area contributed by atoms with Gasteiger partial charge < -0.3 is 0 Å². The van der Waals surface area contributed by atoms with Crippen molar-refractivity contribution in [1.29, 1.82) is 0 Å². The average Bonchev–Trinajstić information content (AvgIpc) is 3.15. The van der Waals surface area contributed by atoms with Crippen LogP contribution in [0.15, 0.2) is 12.4 Å². The van der Waals surface area contributed by atoms with E-state index in [2.05, 4.69) is 49.2 Å². The van der Waals surface area contributed by atoms with E-state index in [0.29, 0.717) is 5.92 Å². The molecule has 1 heterocycles. The van der Waals surface area contributed by atoms with E-state index in [4.69, 9.17) is 0 Å². The van der Waals surface area contributed by atoms with E-state index in [1.165, 1.54) is 134 Å². The minimum absolute atomic E-state index is 0.609. The van der Waals surface area contributed by atoms with Crippen molar-refractivity contribution in [3.05, 3.63) is 18.2 Å². The lowest BCUT2D eigenvalue weighted by Gasteiger charge is -2.08. The van der Waals surface area contributed by atoms with Crippen molar-refractivity contribution in [2.75, 3.05) is 0 Å². The molecule has 0 aromatic carbocycles. The second kappa shape index (κ2) is 18.9. The summed E-state index contributed by atoms with van der Waals surface area (Å²) in [6.07, 6.45) is 30.2. The van der Waals surface area contributed by atoms with Crippen LogP contribution in [0.3, 0.4) is 0 Å². The van der Waals surface area contributed by atoms with Gasteiger partial charge in [-0.05, 0) is 19.3 Å². The quantitative estimate of drug-likeness (QED) is 0.139. The first kappa shape index (κ1) is 27.2. The van der Waals surface area contributed by atoms with Gasteiger partial charge in [0.05, 0.1) is 19.0 Å². The Morgan fingerprint density at radius 2 is 1.07 bits per heavy atom. The monoisotopic (exact) mass is 419 g/mol. The zero-order valence-corrected chi connectivity index (χ0v) is 21.3. The Kier molecular flexibility index (Phi) is 17.2. The van der Waals surface area contributed by atoms with Crippen molar-refractivity contribution in [3.8, 4) is 0 Å². The summed E-state index contributed by atoms with van der Waals surface area (Å²) < 4.78 is 5.00. The van der Waals surface area contributed by atoms with Crippen molar-refractivity contribution in [2.24, 2.45) is 0 Å². The largest absolute Gasteiger partial charge is 0.258 e. The topological polar surface area (TPSA) is 8.81 Å². The lowest BCUT2D eigenvalue weighted by atomic mass is 10.0. The number of aryl methyl sites for hydroxylation is 2. The molecule has 0 atom stereocenters. The van der Waals surface area contributed by atoms with Crippen molar-refractivity contribution in [1.82, 2.24) is 4.57 Å². The van der Waals surface area contributed by atoms with E-state index in [1.807, 2.05) is 0 Å². The molecule has 2 nitrogen and oxygen atoms in total. The molecule has 1 aromatic heterocycles. The lowest BCUT2D eigenvalue weighted by Crippen LogP contribution is -2.38. The Morgan fingerprint density at radius 1 is 0.633 bits per heavy atom. The van der Waals surface area contributed by atoms with Gasteiger partial charge in [-0.2, -0.15) is 0 Å². The standard InChI is InChI=1S/C28H55N2/c1-5-7-9-10-11-12-13-14-15-16-17-18-19-20-21-22-24-30-26-25-29(23-8-6-2)28(30)27(3)4/h25-27H,5-24H2,1-4H3/q+1. The maximum absolute atomic E-state index is 2.52. The molecule has 30 heavy (non-hydrogen) atoms. The van der Waals surface area contributed by atoms with Gasteiger partial charge in [0.15, 0.2) is 0 Å². The van der Waals surface area contributed by atoms with E-state index in [9.17, 15) is 0 Å². The Bertz CT molecular complexity index is 489. The zero-order chi connectivity index (χ0) is 21.9. The third kappa shape index (κ3) is 12.8. The van der Waals surface area contributed by atoms with Gasteiger partial charge in [-0.15, -0.1) is 0 Å². The first-order chi connectivity index (χ1) is 14.7. The maximum Gasteiger partial charge on any atom is 0.258 e. The predicted molar refractivity (Wildman–Crippen MR) is 133 cm³/mol. The normalized spacial score (nSPS) is 11.6. The molecule has 1 rings (SSSR count). The molecular formula is C28H55N2+. The summed E-state index contributed by atoms with van der Waals surface area (Å²) in [4.78, 5) is 0. The fourth-order valence-electron chi connectivity index (χ4n) is 4.68. The summed E-state index contributed by atoms with van der Waals surface area (Å²) in [5, 5.41) is 0. The Labute approximate surface area is 189 Å². The fourth-order valence-corrected chi connectivity index (χ4v) is 4.68. The Hall–Kier alpha value is -0.790. The van der Waals surface area contributed by atoms with Crippen LogP contribution < -0.4 is 4.57 Å². The van der Waals surface area contributed by atoms with E-state index in [1.54, 1.807) is 0 Å². The van der Waals surface area contributed by atoms with Crippen LogP contribution in [-0.4, -0.2) is 4.57 Å². The van der Waals surface area contributed by atoms with Crippen molar-refractivity contribution < 1.29 is 4.57 Å². The number of aromatic nitrogens is 2. The van der Waals surface area contributed by atoms with Crippen LogP contribution in [0.5, 0.6) is 0 Å². The second-order valence-electron chi connectivity index (χ2n) is 9.85. The number of hydrogen-bond acceptors (Lipinski definition) is 0. The van der Waals surface area contributed by atoms with E-state index in [-0.39, 0.29) is 0 Å². The van der Waals surface area contributed by atoms with Gasteiger partial charge in [-0.1, -0.05) is 124 Å². The van der Waals surface area contributed by atoms with Crippen molar-refractivity contribution >= 4 is 0 Å². The highest BCUT2D eigenvalue weighted by atomic mass is 15.1. The summed E-state index contributed by atoms with van der Waals surface area (Å²) in [5.41, 5.74) is 0. The van der Waals surface area contributed by atoms with Crippen molar-refractivity contribution in [3.63, 3.8) is 0 Å². The van der Waals surface area contributed by atoms with Crippen LogP contribution in [0.25, 0.3) is 0 Å². The molecule has 2 heteroatoms. The Balaban J connectivity index is 1.96. The molecule has 0 N–H and O–H groups in total. The maximum atomic E-state index is 2.52. The van der Waals surface area contributed by atoms with Crippen LogP contribution in [0.4, 0.5) is 0 Å². The predicted octanol–water partition coefficient (Wildman–Crippen LogP) is 8.96. The van der Waals surface area contributed by atoms with Crippen LogP contribution in [0.2, 0.25) is 0 Å². The summed E-state index contributed by atoms with van der Waals surface area (Å²) in [6, 6.07) is 0. The highest BCUT2D eigenvalue weighted by Crippen LogP contribution is 2.15. The minimum atomic E-state index is 0.609. The minimum Gasteiger partial charge on any atom is -0.234 e. The molecule has 0 amide bonds. The van der Waals surface area contributed by atoms with E-state index < -0.39 is 0 Å². The molecule has 0 fully saturated rings. The highest BCUT2D eigenvalue weighted by Gasteiger charge is 2.19. The first-order valence-electron chi connectivity index (χ1n) is 13.8. The molecule has 0 radical (unpaired) electrons. The van der Waals surface area contributed by atoms with Crippen LogP contribution in [0, 0.1) is 0 Å². The number of rotatable bonds is 21. The van der Waals surface area contributed by atoms with Gasteiger partial charge in [0.1, 0.15) is 12.4 Å². The van der Waals surface area contributed by atoms with Gasteiger partial charge in [0.25, 0.3) is 5.82 Å². The molecule has 0 saturated heterocycles. The Morgan fingerprint density at radius 3 is 1.50 bits per heavy atom. The van der Waals surface area contributed by atoms with Gasteiger partial charge in [0, 0.05) is 0 Å². The van der Waals surface area contributed by atoms with Crippen molar-refractivity contribution in [2.45, 2.75) is 162 Å². The molecule has 176 valence electrons. The molecular weight excluding hydrogens is 364 g/mol. The second-order valence-corrected chi connectivity index (χ2v) is 9.85. The van der Waals surface area contributed by atoms with Gasteiger partial charge in [-0.3, -0.25) is 0 Å². The average molecular weight is 420 g/mol. The van der Waals surface area contributed by atoms with Crippen LogP contribution >= 0.6 is 0 Å². The van der Waals surface area contributed by atoms with Gasteiger partial charge in [-0.25, -0.2) is 9.13 Å². The number of unbranched alkanes of at least 4 members (excludes halogenated alkanes) is 16. The molecule has 0 saturated carbocycles. The van der Waals surface area contributed by atoms with Crippen LogP contribution in [0.1, 0.15) is 155 Å². The third-order valence-electron chi connectivity index (χ3n) is 6.54. The van der Waals surface area contributed by atoms with Gasteiger partial charge in [0.2, 0.25) is 0 Å². The highest BCUT2D eigenvalue weighted by molar-refractivity contribution is 4.89. The number of nitrogens with zero attached hydrogens (tertiary/aromatic N) is 2. The SMILES string of the molecule is CCCCCCCCCCCCCCCCCC[n+]1ccn(CCCC)c1C(C)C. The molecule has 0 aliphatic carbocycles. The third-order valence-corrected chi connectivity index (χ3v) is 6.54.